The molecule has 0 N–H and O–H groups in total. The lowest BCUT2D eigenvalue weighted by Gasteiger charge is -2.29. The van der Waals surface area contributed by atoms with Crippen molar-refractivity contribution in [3.63, 3.8) is 0 Å². The molecule has 52 heavy (non-hydrogen) atoms. The van der Waals surface area contributed by atoms with Crippen molar-refractivity contribution in [1.29, 1.82) is 0 Å². The first-order valence-electron chi connectivity index (χ1n) is 17.9. The second-order valence-electron chi connectivity index (χ2n) is 14.5. The number of hydrogen-bond acceptors (Lipinski definition) is 3. The van der Waals surface area contributed by atoms with Gasteiger partial charge in [-0.15, -0.1) is 0 Å². The molecule has 2 aromatic heterocycles. The minimum Gasteiger partial charge on any atom is -0.456 e. The Bertz CT molecular complexity index is 3070. The molecule has 0 radical (unpaired) electrons. The second-order valence-corrected chi connectivity index (χ2v) is 14.5. The summed E-state index contributed by atoms with van der Waals surface area (Å²) in [6.45, 7) is 4.68. The summed E-state index contributed by atoms with van der Waals surface area (Å²) in [6.07, 6.45) is 0. The first-order valence-corrected chi connectivity index (χ1v) is 17.9. The van der Waals surface area contributed by atoms with Crippen molar-refractivity contribution in [2.24, 2.45) is 0 Å². The molecule has 0 aliphatic heterocycles. The van der Waals surface area contributed by atoms with E-state index in [0.717, 1.165) is 77.5 Å². The van der Waals surface area contributed by atoms with Crippen molar-refractivity contribution in [3.05, 3.63) is 175 Å². The van der Waals surface area contributed by atoms with E-state index in [0.29, 0.717) is 0 Å². The number of para-hydroxylation sites is 2. The Morgan fingerprint density at radius 1 is 0.423 bits per heavy atom. The van der Waals surface area contributed by atoms with E-state index in [1.54, 1.807) is 0 Å². The molecule has 8 aromatic carbocycles. The van der Waals surface area contributed by atoms with E-state index in [1.165, 1.54) is 27.6 Å². The molecular formula is C49H33NO2. The zero-order valence-electron chi connectivity index (χ0n) is 28.9. The lowest BCUT2D eigenvalue weighted by molar-refractivity contribution is 0.660. The average Bonchev–Trinajstić information content (AvgIpc) is 3.82. The first-order chi connectivity index (χ1) is 25.5. The second kappa shape index (κ2) is 10.7. The number of fused-ring (bicyclic) bond motifs is 11. The molecular weight excluding hydrogens is 635 g/mol. The summed E-state index contributed by atoms with van der Waals surface area (Å²) in [5.74, 6) is 0. The third-order valence-corrected chi connectivity index (χ3v) is 11.3. The highest BCUT2D eigenvalue weighted by Crippen LogP contribution is 2.51. The molecule has 0 saturated heterocycles. The number of nitrogens with zero attached hydrogens (tertiary/aromatic N) is 1. The van der Waals surface area contributed by atoms with Crippen LogP contribution in [0.1, 0.15) is 25.0 Å². The molecule has 11 rings (SSSR count). The maximum absolute atomic E-state index is 6.51. The lowest BCUT2D eigenvalue weighted by Crippen LogP contribution is -2.16. The Morgan fingerprint density at radius 2 is 1.10 bits per heavy atom. The first kappa shape index (κ1) is 29.2. The van der Waals surface area contributed by atoms with E-state index in [2.05, 4.69) is 170 Å². The predicted molar refractivity (Wildman–Crippen MR) is 216 cm³/mol. The van der Waals surface area contributed by atoms with Crippen LogP contribution in [-0.4, -0.2) is 0 Å². The molecule has 0 atom stereocenters. The largest absolute Gasteiger partial charge is 0.456 e. The van der Waals surface area contributed by atoms with Crippen LogP contribution in [0.2, 0.25) is 0 Å². The van der Waals surface area contributed by atoms with Gasteiger partial charge in [0.05, 0.1) is 5.69 Å². The summed E-state index contributed by atoms with van der Waals surface area (Å²) in [7, 11) is 0. The van der Waals surface area contributed by atoms with Crippen LogP contribution in [-0.2, 0) is 5.41 Å². The zero-order valence-corrected chi connectivity index (χ0v) is 28.9. The van der Waals surface area contributed by atoms with Gasteiger partial charge < -0.3 is 13.7 Å². The fourth-order valence-corrected chi connectivity index (χ4v) is 8.70. The third-order valence-electron chi connectivity index (χ3n) is 11.3. The van der Waals surface area contributed by atoms with Crippen LogP contribution in [0.15, 0.2) is 173 Å². The quantitative estimate of drug-likeness (QED) is 0.187. The summed E-state index contributed by atoms with van der Waals surface area (Å²) in [4.78, 5) is 2.40. The highest BCUT2D eigenvalue weighted by molar-refractivity contribution is 6.16. The molecule has 246 valence electrons. The molecule has 0 fully saturated rings. The van der Waals surface area contributed by atoms with Crippen LogP contribution < -0.4 is 4.90 Å². The van der Waals surface area contributed by atoms with Gasteiger partial charge in [0.25, 0.3) is 0 Å². The summed E-state index contributed by atoms with van der Waals surface area (Å²) in [5.41, 5.74) is 14.3. The van der Waals surface area contributed by atoms with E-state index in [1.807, 2.05) is 12.1 Å². The van der Waals surface area contributed by atoms with Gasteiger partial charge in [0.2, 0.25) is 0 Å². The number of hydrogen-bond donors (Lipinski definition) is 0. The SMILES string of the molecule is CC1(C)c2ccccc2-c2ccc(N(c3ccc4c(c3)oc3ccccc34)c3ccccc3-c3ccc4oc5c6ccccc6ccc5c4c3)cc21. The summed E-state index contributed by atoms with van der Waals surface area (Å²) in [5, 5.41) is 6.79. The molecule has 2 heterocycles. The fraction of sp³-hybridized carbons (Fsp3) is 0.0612. The number of anilines is 3. The maximum atomic E-state index is 6.51. The molecule has 3 nitrogen and oxygen atoms in total. The number of rotatable bonds is 4. The van der Waals surface area contributed by atoms with Crippen molar-refractivity contribution in [2.45, 2.75) is 19.3 Å². The smallest absolute Gasteiger partial charge is 0.143 e. The minimum absolute atomic E-state index is 0.132. The zero-order chi connectivity index (χ0) is 34.6. The maximum Gasteiger partial charge on any atom is 0.143 e. The molecule has 10 aromatic rings. The summed E-state index contributed by atoms with van der Waals surface area (Å²) in [6, 6.07) is 58.8. The molecule has 1 aliphatic rings. The van der Waals surface area contributed by atoms with Gasteiger partial charge in [0.1, 0.15) is 22.3 Å². The third kappa shape index (κ3) is 4.14. The average molecular weight is 668 g/mol. The fourth-order valence-electron chi connectivity index (χ4n) is 8.70. The van der Waals surface area contributed by atoms with E-state index in [9.17, 15) is 0 Å². The monoisotopic (exact) mass is 667 g/mol. The number of benzene rings is 8. The Balaban J connectivity index is 1.13. The van der Waals surface area contributed by atoms with Gasteiger partial charge in [-0.25, -0.2) is 0 Å². The van der Waals surface area contributed by atoms with Crippen LogP contribution in [0.5, 0.6) is 0 Å². The van der Waals surface area contributed by atoms with E-state index in [-0.39, 0.29) is 5.41 Å². The molecule has 0 spiro atoms. The standard InChI is InChI=1S/C49H33NO2/c1-49(2)42-16-8-5-14-36(42)37-24-21-32(28-43(37)49)50(33-22-25-39-38-15-7-10-18-45(38)51-47(39)29-33)44-17-9-6-12-34(44)31-20-26-46-41(27-31)40-23-19-30-11-3-4-13-35(30)48(40)52-46/h3-29H,1-2H3. The van der Waals surface area contributed by atoms with Gasteiger partial charge in [0, 0.05) is 55.4 Å². The molecule has 3 heteroatoms. The molecule has 0 amide bonds. The van der Waals surface area contributed by atoms with E-state index >= 15 is 0 Å². The van der Waals surface area contributed by atoms with Gasteiger partial charge in [-0.05, 0) is 87.8 Å². The van der Waals surface area contributed by atoms with E-state index < -0.39 is 0 Å². The number of furan rings is 2. The van der Waals surface area contributed by atoms with Crippen molar-refractivity contribution in [1.82, 2.24) is 0 Å². The lowest BCUT2D eigenvalue weighted by atomic mass is 9.82. The van der Waals surface area contributed by atoms with Crippen LogP contribution in [0.25, 0.3) is 76.9 Å². The summed E-state index contributed by atoms with van der Waals surface area (Å²) >= 11 is 0. The highest BCUT2D eigenvalue weighted by atomic mass is 16.3. The molecule has 0 bridgehead atoms. The van der Waals surface area contributed by atoms with Crippen LogP contribution in [0.4, 0.5) is 17.1 Å². The normalized spacial score (nSPS) is 13.3. The molecule has 0 unspecified atom stereocenters. The van der Waals surface area contributed by atoms with E-state index in [4.69, 9.17) is 8.83 Å². The van der Waals surface area contributed by atoms with Crippen molar-refractivity contribution in [2.75, 3.05) is 4.90 Å². The predicted octanol–water partition coefficient (Wildman–Crippen LogP) is 14.1. The Morgan fingerprint density at radius 3 is 2.02 bits per heavy atom. The van der Waals surface area contributed by atoms with Gasteiger partial charge in [-0.3, -0.25) is 0 Å². The minimum atomic E-state index is -0.132. The van der Waals surface area contributed by atoms with Crippen LogP contribution in [0, 0.1) is 0 Å². The Labute approximate surface area is 301 Å². The Hall–Kier alpha value is -6.58. The van der Waals surface area contributed by atoms with Gasteiger partial charge in [-0.1, -0.05) is 117 Å². The van der Waals surface area contributed by atoms with Crippen LogP contribution >= 0.6 is 0 Å². The highest BCUT2D eigenvalue weighted by Gasteiger charge is 2.36. The van der Waals surface area contributed by atoms with Gasteiger partial charge >= 0.3 is 0 Å². The van der Waals surface area contributed by atoms with Crippen LogP contribution in [0.3, 0.4) is 0 Å². The molecule has 1 aliphatic carbocycles. The van der Waals surface area contributed by atoms with Crippen molar-refractivity contribution >= 4 is 71.7 Å². The molecule has 0 saturated carbocycles. The van der Waals surface area contributed by atoms with Gasteiger partial charge in [-0.2, -0.15) is 0 Å². The van der Waals surface area contributed by atoms with Crippen molar-refractivity contribution < 1.29 is 8.83 Å². The Kier molecular flexibility index (Phi) is 6.01. The topological polar surface area (TPSA) is 29.5 Å². The summed E-state index contributed by atoms with van der Waals surface area (Å²) < 4.78 is 13.0. The van der Waals surface area contributed by atoms with Gasteiger partial charge in [0.15, 0.2) is 0 Å². The van der Waals surface area contributed by atoms with Crippen molar-refractivity contribution in [3.8, 4) is 22.3 Å².